The number of halogens is 3. The Hall–Kier alpha value is -2.70. The van der Waals surface area contributed by atoms with Crippen molar-refractivity contribution in [1.29, 1.82) is 0 Å². The number of hydrogen-bond donors (Lipinski definition) is 2. The number of rotatable bonds is 6. The molecular formula is C17H17F3N2O2. The molecule has 0 aromatic heterocycles. The van der Waals surface area contributed by atoms with E-state index >= 15 is 0 Å². The molecule has 0 aliphatic carbocycles. The molecule has 0 bridgehead atoms. The summed E-state index contributed by atoms with van der Waals surface area (Å²) in [6, 6.07) is 12.9. The Morgan fingerprint density at radius 1 is 1.08 bits per heavy atom. The topological polar surface area (TPSA) is 50.4 Å². The van der Waals surface area contributed by atoms with Gasteiger partial charge in [-0.2, -0.15) is 0 Å². The standard InChI is InChI=1S/C17H17F3N2O2/c1-2-12-7-9-13(10-8-12)22-16(23)11-21-14-5-3-4-6-15(14)24-17(18,19)20/h3-10,21H,2,11H2,1H3,(H,22,23). The number of carbonyl (C=O) groups excluding carboxylic acids is 1. The second kappa shape index (κ2) is 7.72. The number of para-hydroxylation sites is 2. The number of hydrogen-bond acceptors (Lipinski definition) is 3. The summed E-state index contributed by atoms with van der Waals surface area (Å²) in [7, 11) is 0. The second-order valence-electron chi connectivity index (χ2n) is 5.00. The first-order valence-corrected chi connectivity index (χ1v) is 7.35. The van der Waals surface area contributed by atoms with Crippen molar-refractivity contribution in [2.75, 3.05) is 17.2 Å². The Bertz CT molecular complexity index is 685. The fourth-order valence-electron chi connectivity index (χ4n) is 2.03. The van der Waals surface area contributed by atoms with Crippen LogP contribution in [0.2, 0.25) is 0 Å². The van der Waals surface area contributed by atoms with Gasteiger partial charge < -0.3 is 15.4 Å². The number of ether oxygens (including phenoxy) is 1. The molecule has 2 aromatic carbocycles. The van der Waals surface area contributed by atoms with Crippen LogP contribution in [0.15, 0.2) is 48.5 Å². The lowest BCUT2D eigenvalue weighted by atomic mass is 10.1. The van der Waals surface area contributed by atoms with Crippen molar-refractivity contribution in [3.05, 3.63) is 54.1 Å². The summed E-state index contributed by atoms with van der Waals surface area (Å²) >= 11 is 0. The molecule has 0 atom stereocenters. The van der Waals surface area contributed by atoms with E-state index in [0.717, 1.165) is 12.0 Å². The van der Waals surface area contributed by atoms with Crippen molar-refractivity contribution in [2.45, 2.75) is 19.7 Å². The van der Waals surface area contributed by atoms with E-state index in [0.29, 0.717) is 5.69 Å². The van der Waals surface area contributed by atoms with Gasteiger partial charge in [-0.1, -0.05) is 31.2 Å². The van der Waals surface area contributed by atoms with E-state index in [2.05, 4.69) is 15.4 Å². The van der Waals surface area contributed by atoms with Crippen molar-refractivity contribution < 1.29 is 22.7 Å². The predicted molar refractivity (Wildman–Crippen MR) is 86.1 cm³/mol. The van der Waals surface area contributed by atoms with E-state index in [4.69, 9.17) is 0 Å². The number of nitrogens with one attached hydrogen (secondary N) is 2. The van der Waals surface area contributed by atoms with Crippen LogP contribution in [0.25, 0.3) is 0 Å². The lowest BCUT2D eigenvalue weighted by Gasteiger charge is -2.14. The maximum absolute atomic E-state index is 12.3. The largest absolute Gasteiger partial charge is 0.573 e. The third-order valence-corrected chi connectivity index (χ3v) is 3.20. The molecule has 0 saturated heterocycles. The lowest BCUT2D eigenvalue weighted by molar-refractivity contribution is -0.274. The highest BCUT2D eigenvalue weighted by Crippen LogP contribution is 2.29. The van der Waals surface area contributed by atoms with Gasteiger partial charge in [0.05, 0.1) is 12.2 Å². The molecular weight excluding hydrogens is 321 g/mol. The number of anilines is 2. The van der Waals surface area contributed by atoms with Crippen LogP contribution in [-0.4, -0.2) is 18.8 Å². The molecule has 0 fully saturated rings. The van der Waals surface area contributed by atoms with Crippen LogP contribution in [0.1, 0.15) is 12.5 Å². The summed E-state index contributed by atoms with van der Waals surface area (Å²) in [4.78, 5) is 11.9. The van der Waals surface area contributed by atoms with E-state index in [9.17, 15) is 18.0 Å². The Labute approximate surface area is 137 Å². The molecule has 0 radical (unpaired) electrons. The third kappa shape index (κ3) is 5.49. The maximum atomic E-state index is 12.3. The summed E-state index contributed by atoms with van der Waals surface area (Å²) < 4.78 is 40.9. The van der Waals surface area contributed by atoms with Crippen molar-refractivity contribution in [3.8, 4) is 5.75 Å². The minimum absolute atomic E-state index is 0.0892. The first kappa shape index (κ1) is 17.7. The highest BCUT2D eigenvalue weighted by molar-refractivity contribution is 5.93. The van der Waals surface area contributed by atoms with Crippen LogP contribution >= 0.6 is 0 Å². The molecule has 0 spiro atoms. The van der Waals surface area contributed by atoms with Gasteiger partial charge in [0.15, 0.2) is 5.75 Å². The molecule has 128 valence electrons. The summed E-state index contributed by atoms with van der Waals surface area (Å²) in [5.41, 5.74) is 1.86. The number of alkyl halides is 3. The third-order valence-electron chi connectivity index (χ3n) is 3.20. The molecule has 2 rings (SSSR count). The van der Waals surface area contributed by atoms with Gasteiger partial charge in [-0.25, -0.2) is 0 Å². The fraction of sp³-hybridized carbons (Fsp3) is 0.235. The van der Waals surface area contributed by atoms with E-state index in [-0.39, 0.29) is 23.9 Å². The lowest BCUT2D eigenvalue weighted by Crippen LogP contribution is -2.23. The van der Waals surface area contributed by atoms with Gasteiger partial charge in [0.1, 0.15) is 0 Å². The molecule has 7 heteroatoms. The van der Waals surface area contributed by atoms with E-state index in [1.807, 2.05) is 19.1 Å². The number of carbonyl (C=O) groups is 1. The van der Waals surface area contributed by atoms with Gasteiger partial charge in [-0.05, 0) is 36.2 Å². The highest BCUT2D eigenvalue weighted by atomic mass is 19.4. The Morgan fingerprint density at radius 2 is 1.75 bits per heavy atom. The van der Waals surface area contributed by atoms with E-state index < -0.39 is 6.36 Å². The zero-order chi connectivity index (χ0) is 17.6. The van der Waals surface area contributed by atoms with Crippen LogP contribution in [-0.2, 0) is 11.2 Å². The number of benzene rings is 2. The van der Waals surface area contributed by atoms with Crippen LogP contribution < -0.4 is 15.4 Å². The number of amides is 1. The minimum Gasteiger partial charge on any atom is -0.404 e. The van der Waals surface area contributed by atoms with Crippen LogP contribution in [0.4, 0.5) is 24.5 Å². The van der Waals surface area contributed by atoms with Crippen LogP contribution in [0.5, 0.6) is 5.75 Å². The zero-order valence-electron chi connectivity index (χ0n) is 13.0. The SMILES string of the molecule is CCc1ccc(NC(=O)CNc2ccccc2OC(F)(F)F)cc1. The van der Waals surface area contributed by atoms with Gasteiger partial charge in [0.25, 0.3) is 0 Å². The van der Waals surface area contributed by atoms with Gasteiger partial charge in [-0.15, -0.1) is 13.2 Å². The van der Waals surface area contributed by atoms with Crippen LogP contribution in [0, 0.1) is 0 Å². The van der Waals surface area contributed by atoms with Crippen molar-refractivity contribution >= 4 is 17.3 Å². The van der Waals surface area contributed by atoms with E-state index in [1.54, 1.807) is 18.2 Å². The van der Waals surface area contributed by atoms with Gasteiger partial charge >= 0.3 is 6.36 Å². The molecule has 2 N–H and O–H groups in total. The molecule has 0 aliphatic heterocycles. The predicted octanol–water partition coefficient (Wildman–Crippen LogP) is 4.20. The highest BCUT2D eigenvalue weighted by Gasteiger charge is 2.32. The molecule has 1 amide bonds. The van der Waals surface area contributed by atoms with Crippen molar-refractivity contribution in [3.63, 3.8) is 0 Å². The average Bonchev–Trinajstić information content (AvgIpc) is 2.53. The number of aryl methyl sites for hydroxylation is 1. The normalized spacial score (nSPS) is 11.0. The molecule has 2 aromatic rings. The molecule has 0 unspecified atom stereocenters. The average molecular weight is 338 g/mol. The Balaban J connectivity index is 1.94. The smallest absolute Gasteiger partial charge is 0.404 e. The minimum atomic E-state index is -4.79. The molecule has 0 aliphatic rings. The Morgan fingerprint density at radius 3 is 2.38 bits per heavy atom. The summed E-state index contributed by atoms with van der Waals surface area (Å²) in [5.74, 6) is -0.758. The van der Waals surface area contributed by atoms with Gasteiger partial charge in [-0.3, -0.25) is 4.79 Å². The molecule has 4 nitrogen and oxygen atoms in total. The van der Waals surface area contributed by atoms with Gasteiger partial charge in [0, 0.05) is 5.69 Å². The Kier molecular flexibility index (Phi) is 5.68. The fourth-order valence-corrected chi connectivity index (χ4v) is 2.03. The summed E-state index contributed by atoms with van der Waals surface area (Å²) in [6.45, 7) is 1.84. The second-order valence-corrected chi connectivity index (χ2v) is 5.00. The molecule has 0 heterocycles. The summed E-state index contributed by atoms with van der Waals surface area (Å²) in [6.07, 6.45) is -3.90. The monoisotopic (exact) mass is 338 g/mol. The summed E-state index contributed by atoms with van der Waals surface area (Å²) in [5, 5.41) is 5.31. The van der Waals surface area contributed by atoms with Gasteiger partial charge in [0.2, 0.25) is 5.91 Å². The maximum Gasteiger partial charge on any atom is 0.573 e. The quantitative estimate of drug-likeness (QED) is 0.830. The molecule has 24 heavy (non-hydrogen) atoms. The molecule has 0 saturated carbocycles. The van der Waals surface area contributed by atoms with Crippen LogP contribution in [0.3, 0.4) is 0 Å². The zero-order valence-corrected chi connectivity index (χ0v) is 13.0. The first-order valence-electron chi connectivity index (χ1n) is 7.35. The first-order chi connectivity index (χ1) is 11.4. The van der Waals surface area contributed by atoms with Crippen molar-refractivity contribution in [2.24, 2.45) is 0 Å². The van der Waals surface area contributed by atoms with Crippen molar-refractivity contribution in [1.82, 2.24) is 0 Å². The van der Waals surface area contributed by atoms with E-state index in [1.165, 1.54) is 18.2 Å².